The highest BCUT2D eigenvalue weighted by Crippen LogP contribution is 2.37. The van der Waals surface area contributed by atoms with Gasteiger partial charge in [0.2, 0.25) is 5.91 Å². The molecule has 2 aromatic rings. The Kier molecular flexibility index (Phi) is 6.35. The number of carbonyl (C=O) groups is 2. The fourth-order valence-electron chi connectivity index (χ4n) is 3.12. The molecule has 0 aromatic heterocycles. The van der Waals surface area contributed by atoms with Crippen molar-refractivity contribution in [1.29, 1.82) is 5.26 Å². The molecule has 2 heterocycles. The van der Waals surface area contributed by atoms with Crippen LogP contribution in [0.25, 0.3) is 6.08 Å². The van der Waals surface area contributed by atoms with Crippen molar-refractivity contribution in [2.45, 2.75) is 0 Å². The predicted molar refractivity (Wildman–Crippen MR) is 122 cm³/mol. The summed E-state index contributed by atoms with van der Waals surface area (Å²) in [5, 5.41) is 12.5. The lowest BCUT2D eigenvalue weighted by molar-refractivity contribution is -0.123. The van der Waals surface area contributed by atoms with Gasteiger partial charge in [0.05, 0.1) is 35.2 Å². The number of thioether (sulfide) groups is 1. The summed E-state index contributed by atoms with van der Waals surface area (Å²) in [5.74, 6) is 0.832. The van der Waals surface area contributed by atoms with Crippen LogP contribution >= 0.6 is 23.4 Å². The van der Waals surface area contributed by atoms with Crippen molar-refractivity contribution < 1.29 is 19.1 Å². The first-order valence-electron chi connectivity index (χ1n) is 9.56. The molecular weight excluding hydrogens is 452 g/mol. The van der Waals surface area contributed by atoms with Gasteiger partial charge in [0, 0.05) is 13.1 Å². The number of hydrogen-bond acceptors (Lipinski definition) is 7. The van der Waals surface area contributed by atoms with Crippen LogP contribution in [0.5, 0.6) is 17.2 Å². The van der Waals surface area contributed by atoms with E-state index in [4.69, 9.17) is 26.3 Å². The van der Waals surface area contributed by atoms with Crippen molar-refractivity contribution in [3.63, 3.8) is 0 Å². The predicted octanol–water partition coefficient (Wildman–Crippen LogP) is 3.41. The van der Waals surface area contributed by atoms with E-state index >= 15 is 0 Å². The van der Waals surface area contributed by atoms with Gasteiger partial charge in [0.1, 0.15) is 5.75 Å². The van der Waals surface area contributed by atoms with Crippen LogP contribution < -0.4 is 14.8 Å². The molecule has 4 rings (SSSR count). The molecule has 1 N–H and O–H groups in total. The Morgan fingerprint density at radius 1 is 1.22 bits per heavy atom. The standard InChI is InChI=1S/C22H17ClN4O4S/c1-30-18-9-13(2-5-17(18)31-16-4-3-14(11-24)8-15(16)23)10-19-21(29)26-22(32-19)27-7-6-25-20(28)12-27/h2-5,8-10H,6-7,12H2,1H3,(H,25,28)/b19-10+. The highest BCUT2D eigenvalue weighted by Gasteiger charge is 2.28. The van der Waals surface area contributed by atoms with Gasteiger partial charge in [-0.05, 0) is 53.7 Å². The van der Waals surface area contributed by atoms with E-state index in [0.717, 1.165) is 5.56 Å². The third-order valence-electron chi connectivity index (χ3n) is 4.68. The van der Waals surface area contributed by atoms with Crippen LogP contribution in [0.1, 0.15) is 11.1 Å². The van der Waals surface area contributed by atoms with E-state index in [1.54, 1.807) is 41.3 Å². The second-order valence-corrected chi connectivity index (χ2v) is 8.27. The number of aliphatic imine (C=N–C) groups is 1. The van der Waals surface area contributed by atoms with Crippen LogP contribution in [0.3, 0.4) is 0 Å². The third kappa shape index (κ3) is 4.72. The molecule has 2 amide bonds. The Hall–Kier alpha value is -3.48. The summed E-state index contributed by atoms with van der Waals surface area (Å²) in [4.78, 5) is 30.3. The van der Waals surface area contributed by atoms with Crippen molar-refractivity contribution in [3.8, 4) is 23.3 Å². The zero-order valence-electron chi connectivity index (χ0n) is 16.9. The van der Waals surface area contributed by atoms with Gasteiger partial charge in [-0.2, -0.15) is 10.3 Å². The Morgan fingerprint density at radius 3 is 2.75 bits per heavy atom. The monoisotopic (exact) mass is 468 g/mol. The van der Waals surface area contributed by atoms with Crippen molar-refractivity contribution in [1.82, 2.24) is 10.2 Å². The van der Waals surface area contributed by atoms with E-state index < -0.39 is 0 Å². The highest BCUT2D eigenvalue weighted by molar-refractivity contribution is 8.18. The first-order chi connectivity index (χ1) is 15.5. The average molecular weight is 469 g/mol. The summed E-state index contributed by atoms with van der Waals surface area (Å²) < 4.78 is 11.3. The third-order valence-corrected chi connectivity index (χ3v) is 6.02. The van der Waals surface area contributed by atoms with Crippen molar-refractivity contribution >= 4 is 46.4 Å². The molecule has 8 nitrogen and oxygen atoms in total. The summed E-state index contributed by atoms with van der Waals surface area (Å²) in [5.41, 5.74) is 1.16. The zero-order chi connectivity index (χ0) is 22.7. The van der Waals surface area contributed by atoms with E-state index in [1.807, 2.05) is 6.07 Å². The van der Waals surface area contributed by atoms with Crippen LogP contribution in [-0.4, -0.2) is 48.6 Å². The molecule has 10 heteroatoms. The van der Waals surface area contributed by atoms with Gasteiger partial charge in [0.15, 0.2) is 16.7 Å². The van der Waals surface area contributed by atoms with Crippen LogP contribution in [0.15, 0.2) is 46.3 Å². The molecule has 0 saturated carbocycles. The summed E-state index contributed by atoms with van der Waals surface area (Å²) in [7, 11) is 1.51. The van der Waals surface area contributed by atoms with E-state index in [-0.39, 0.29) is 18.4 Å². The summed E-state index contributed by atoms with van der Waals surface area (Å²) in [6.45, 7) is 1.31. The summed E-state index contributed by atoms with van der Waals surface area (Å²) in [6, 6.07) is 12.0. The van der Waals surface area contributed by atoms with Crippen molar-refractivity contribution in [2.75, 3.05) is 26.7 Å². The van der Waals surface area contributed by atoms with E-state index in [0.29, 0.717) is 51.0 Å². The molecule has 32 heavy (non-hydrogen) atoms. The Morgan fingerprint density at radius 2 is 2.03 bits per heavy atom. The second-order valence-electron chi connectivity index (χ2n) is 6.85. The number of halogens is 1. The largest absolute Gasteiger partial charge is 0.493 e. The lowest BCUT2D eigenvalue weighted by Crippen LogP contribution is -2.49. The number of carbonyl (C=O) groups excluding carboxylic acids is 2. The molecule has 0 bridgehead atoms. The van der Waals surface area contributed by atoms with Gasteiger partial charge in [0.25, 0.3) is 5.91 Å². The quantitative estimate of drug-likeness (QED) is 0.685. The SMILES string of the molecule is COc1cc(/C=C2/SC(N3CCNC(=O)C3)=NC2=O)ccc1Oc1ccc(C#N)cc1Cl. The molecule has 0 radical (unpaired) electrons. The van der Waals surface area contributed by atoms with E-state index in [2.05, 4.69) is 10.3 Å². The maximum absolute atomic E-state index is 12.4. The topological polar surface area (TPSA) is 104 Å². The van der Waals surface area contributed by atoms with Gasteiger partial charge >= 0.3 is 0 Å². The maximum Gasteiger partial charge on any atom is 0.286 e. The second kappa shape index (κ2) is 9.34. The minimum Gasteiger partial charge on any atom is -0.493 e. The normalized spacial score (nSPS) is 17.1. The summed E-state index contributed by atoms with van der Waals surface area (Å²) >= 11 is 7.43. The first-order valence-corrected chi connectivity index (χ1v) is 10.8. The van der Waals surface area contributed by atoms with Gasteiger partial charge < -0.3 is 19.7 Å². The molecule has 1 saturated heterocycles. The van der Waals surface area contributed by atoms with Crippen LogP contribution in [-0.2, 0) is 9.59 Å². The van der Waals surface area contributed by atoms with Crippen LogP contribution in [0, 0.1) is 11.3 Å². The molecule has 0 unspecified atom stereocenters. The number of ether oxygens (including phenoxy) is 2. The fourth-order valence-corrected chi connectivity index (χ4v) is 4.27. The minimum atomic E-state index is -0.348. The Bertz CT molecular complexity index is 1200. The number of nitriles is 1. The molecule has 2 aliphatic rings. The molecule has 0 atom stereocenters. The Labute approximate surface area is 193 Å². The van der Waals surface area contributed by atoms with Gasteiger partial charge in [-0.1, -0.05) is 17.7 Å². The number of amides is 2. The number of benzene rings is 2. The lowest BCUT2D eigenvalue weighted by Gasteiger charge is -2.27. The molecule has 0 spiro atoms. The summed E-state index contributed by atoms with van der Waals surface area (Å²) in [6.07, 6.45) is 1.72. The smallest absolute Gasteiger partial charge is 0.286 e. The fraction of sp³-hybridized carbons (Fsp3) is 0.182. The number of nitrogens with zero attached hydrogens (tertiary/aromatic N) is 3. The number of rotatable bonds is 4. The van der Waals surface area contributed by atoms with E-state index in [1.165, 1.54) is 24.9 Å². The number of methoxy groups -OCH3 is 1. The zero-order valence-corrected chi connectivity index (χ0v) is 18.5. The minimum absolute atomic E-state index is 0.0906. The molecular formula is C22H17ClN4O4S. The molecule has 2 aliphatic heterocycles. The number of piperazine rings is 1. The van der Waals surface area contributed by atoms with E-state index in [9.17, 15) is 9.59 Å². The number of hydrogen-bond donors (Lipinski definition) is 1. The molecule has 1 fully saturated rings. The van der Waals surface area contributed by atoms with Crippen molar-refractivity contribution in [3.05, 3.63) is 57.5 Å². The maximum atomic E-state index is 12.4. The average Bonchev–Trinajstić information content (AvgIpc) is 3.16. The van der Waals surface area contributed by atoms with Crippen LogP contribution in [0.4, 0.5) is 0 Å². The molecule has 162 valence electrons. The van der Waals surface area contributed by atoms with Crippen LogP contribution in [0.2, 0.25) is 5.02 Å². The number of amidine groups is 1. The first kappa shape index (κ1) is 21.7. The highest BCUT2D eigenvalue weighted by atomic mass is 35.5. The van der Waals surface area contributed by atoms with Gasteiger partial charge in [-0.3, -0.25) is 9.59 Å². The van der Waals surface area contributed by atoms with Gasteiger partial charge in [-0.15, -0.1) is 0 Å². The number of nitrogens with one attached hydrogen (secondary N) is 1. The van der Waals surface area contributed by atoms with Gasteiger partial charge in [-0.25, -0.2) is 0 Å². The molecule has 0 aliphatic carbocycles. The molecule has 2 aromatic carbocycles. The lowest BCUT2D eigenvalue weighted by atomic mass is 10.2. The van der Waals surface area contributed by atoms with Crippen molar-refractivity contribution in [2.24, 2.45) is 4.99 Å². The Balaban J connectivity index is 1.52.